The zero-order valence-corrected chi connectivity index (χ0v) is 12.3. The first-order valence-corrected chi connectivity index (χ1v) is 7.62. The second-order valence-corrected chi connectivity index (χ2v) is 5.51. The van der Waals surface area contributed by atoms with Gasteiger partial charge in [0.1, 0.15) is 12.0 Å². The number of benzene rings is 1. The topological polar surface area (TPSA) is 72.6 Å². The van der Waals surface area contributed by atoms with Crippen molar-refractivity contribution in [1.82, 2.24) is 4.98 Å². The third-order valence-electron chi connectivity index (χ3n) is 4.00. The lowest BCUT2D eigenvalue weighted by molar-refractivity contribution is -0.145. The molecule has 1 aliphatic carbocycles. The predicted octanol–water partition coefficient (Wildman–Crippen LogP) is 3.02. The van der Waals surface area contributed by atoms with Crippen LogP contribution in [0.1, 0.15) is 36.3 Å². The first kappa shape index (κ1) is 14.6. The number of nitrogens with zero attached hydrogens (tertiary/aromatic N) is 1. The van der Waals surface area contributed by atoms with Crippen molar-refractivity contribution < 1.29 is 19.1 Å². The zero-order chi connectivity index (χ0) is 15.4. The van der Waals surface area contributed by atoms with E-state index in [9.17, 15) is 9.90 Å². The van der Waals surface area contributed by atoms with E-state index in [-0.39, 0.29) is 0 Å². The van der Waals surface area contributed by atoms with E-state index in [0.717, 1.165) is 24.8 Å². The van der Waals surface area contributed by atoms with Crippen molar-refractivity contribution in [1.29, 1.82) is 0 Å². The fourth-order valence-corrected chi connectivity index (χ4v) is 2.87. The van der Waals surface area contributed by atoms with Gasteiger partial charge in [-0.1, -0.05) is 12.1 Å². The van der Waals surface area contributed by atoms with Crippen LogP contribution in [0.25, 0.3) is 0 Å². The van der Waals surface area contributed by atoms with Crippen molar-refractivity contribution in [3.8, 4) is 5.75 Å². The van der Waals surface area contributed by atoms with Crippen LogP contribution in [0.15, 0.2) is 35.1 Å². The molecule has 1 aliphatic rings. The molecule has 0 amide bonds. The number of hydrogen-bond donors (Lipinski definition) is 1. The number of carboxylic acid groups (broad SMARTS) is 1. The van der Waals surface area contributed by atoms with Crippen LogP contribution >= 0.6 is 0 Å². The van der Waals surface area contributed by atoms with Gasteiger partial charge in [-0.3, -0.25) is 0 Å². The Hall–Kier alpha value is -2.30. The maximum Gasteiger partial charge on any atom is 0.344 e. The molecule has 1 unspecified atom stereocenters. The average molecular weight is 301 g/mol. The summed E-state index contributed by atoms with van der Waals surface area (Å²) in [5.41, 5.74) is 2.44. The lowest BCUT2D eigenvalue weighted by atomic mass is 9.91. The molecule has 0 fully saturated rings. The zero-order valence-electron chi connectivity index (χ0n) is 12.3. The average Bonchev–Trinajstić information content (AvgIpc) is 3.04. The van der Waals surface area contributed by atoms with Gasteiger partial charge < -0.3 is 14.3 Å². The van der Waals surface area contributed by atoms with E-state index in [0.29, 0.717) is 24.5 Å². The van der Waals surface area contributed by atoms with Gasteiger partial charge in [0.15, 0.2) is 12.0 Å². The standard InChI is InChI=1S/C17H19NO4/c19-17(20)15(8-9-16-18-10-11-21-16)22-14-7-3-5-12-4-1-2-6-13(12)14/h3,5,7,10-11,15H,1-2,4,6,8-9H2,(H,19,20). The van der Waals surface area contributed by atoms with E-state index in [1.165, 1.54) is 18.2 Å². The van der Waals surface area contributed by atoms with E-state index in [2.05, 4.69) is 11.1 Å². The number of carbonyl (C=O) groups is 1. The highest BCUT2D eigenvalue weighted by Crippen LogP contribution is 2.30. The van der Waals surface area contributed by atoms with Crippen LogP contribution in [-0.4, -0.2) is 22.2 Å². The molecule has 1 heterocycles. The Balaban J connectivity index is 1.72. The van der Waals surface area contributed by atoms with E-state index in [1.54, 1.807) is 6.20 Å². The van der Waals surface area contributed by atoms with E-state index in [1.807, 2.05) is 12.1 Å². The molecule has 22 heavy (non-hydrogen) atoms. The van der Waals surface area contributed by atoms with Gasteiger partial charge >= 0.3 is 5.97 Å². The molecule has 0 saturated carbocycles. The summed E-state index contributed by atoms with van der Waals surface area (Å²) >= 11 is 0. The lowest BCUT2D eigenvalue weighted by Gasteiger charge is -2.22. The molecule has 1 atom stereocenters. The molecular formula is C17H19NO4. The minimum atomic E-state index is -0.958. The van der Waals surface area contributed by atoms with Crippen molar-refractivity contribution in [3.63, 3.8) is 0 Å². The minimum absolute atomic E-state index is 0.333. The van der Waals surface area contributed by atoms with Crippen LogP contribution in [-0.2, 0) is 24.1 Å². The predicted molar refractivity (Wildman–Crippen MR) is 80.0 cm³/mol. The molecule has 0 radical (unpaired) electrons. The third kappa shape index (κ3) is 3.30. The normalized spacial score (nSPS) is 15.1. The number of aromatic nitrogens is 1. The Bertz CT molecular complexity index is 636. The van der Waals surface area contributed by atoms with Crippen LogP contribution in [0.5, 0.6) is 5.75 Å². The summed E-state index contributed by atoms with van der Waals surface area (Å²) in [5.74, 6) is 0.280. The Morgan fingerprint density at radius 2 is 2.23 bits per heavy atom. The van der Waals surface area contributed by atoms with E-state index in [4.69, 9.17) is 9.15 Å². The lowest BCUT2D eigenvalue weighted by Crippen LogP contribution is -2.28. The summed E-state index contributed by atoms with van der Waals surface area (Å²) in [6, 6.07) is 5.90. The van der Waals surface area contributed by atoms with Gasteiger partial charge in [-0.2, -0.15) is 0 Å². The number of oxazole rings is 1. The maximum atomic E-state index is 11.5. The molecule has 116 valence electrons. The monoisotopic (exact) mass is 301 g/mol. The molecule has 0 aliphatic heterocycles. The maximum absolute atomic E-state index is 11.5. The number of aryl methyl sites for hydroxylation is 2. The van der Waals surface area contributed by atoms with Crippen molar-refractivity contribution in [2.24, 2.45) is 0 Å². The molecule has 0 saturated heterocycles. The molecule has 1 aromatic heterocycles. The van der Waals surface area contributed by atoms with Gasteiger partial charge in [0.05, 0.1) is 6.20 Å². The number of hydrogen-bond acceptors (Lipinski definition) is 4. The summed E-state index contributed by atoms with van der Waals surface area (Å²) in [5, 5.41) is 9.39. The summed E-state index contributed by atoms with van der Waals surface area (Å²) in [6.45, 7) is 0. The SMILES string of the molecule is O=C(O)C(CCc1ncco1)Oc1cccc2c1CCCC2. The highest BCUT2D eigenvalue weighted by Gasteiger charge is 2.23. The van der Waals surface area contributed by atoms with E-state index >= 15 is 0 Å². The largest absolute Gasteiger partial charge is 0.479 e. The molecular weight excluding hydrogens is 282 g/mol. The Kier molecular flexibility index (Phi) is 4.42. The Morgan fingerprint density at radius 3 is 3.00 bits per heavy atom. The summed E-state index contributed by atoms with van der Waals surface area (Å²) in [4.78, 5) is 15.5. The summed E-state index contributed by atoms with van der Waals surface area (Å²) in [6.07, 6.45) is 7.24. The van der Waals surface area contributed by atoms with Crippen LogP contribution in [0.3, 0.4) is 0 Å². The molecule has 0 bridgehead atoms. The van der Waals surface area contributed by atoms with Gasteiger partial charge in [-0.05, 0) is 42.9 Å². The van der Waals surface area contributed by atoms with Crippen LogP contribution in [0.4, 0.5) is 0 Å². The van der Waals surface area contributed by atoms with Gasteiger partial charge in [0, 0.05) is 12.8 Å². The van der Waals surface area contributed by atoms with Crippen molar-refractivity contribution in [2.75, 3.05) is 0 Å². The summed E-state index contributed by atoms with van der Waals surface area (Å²) < 4.78 is 10.9. The van der Waals surface area contributed by atoms with Crippen LogP contribution in [0, 0.1) is 0 Å². The fraction of sp³-hybridized carbons (Fsp3) is 0.412. The van der Waals surface area contributed by atoms with Crippen molar-refractivity contribution in [3.05, 3.63) is 47.7 Å². The molecule has 5 nitrogen and oxygen atoms in total. The Morgan fingerprint density at radius 1 is 1.36 bits per heavy atom. The molecule has 2 aromatic rings. The second-order valence-electron chi connectivity index (χ2n) is 5.51. The van der Waals surface area contributed by atoms with Gasteiger partial charge in [-0.25, -0.2) is 9.78 Å². The first-order valence-electron chi connectivity index (χ1n) is 7.62. The molecule has 0 spiro atoms. The number of ether oxygens (including phenoxy) is 1. The second kappa shape index (κ2) is 6.64. The number of aliphatic carboxylic acids is 1. The Labute approximate surface area is 128 Å². The van der Waals surface area contributed by atoms with Gasteiger partial charge in [-0.15, -0.1) is 0 Å². The molecule has 1 N–H and O–H groups in total. The highest BCUT2D eigenvalue weighted by atomic mass is 16.5. The fourth-order valence-electron chi connectivity index (χ4n) is 2.87. The number of fused-ring (bicyclic) bond motifs is 1. The third-order valence-corrected chi connectivity index (χ3v) is 4.00. The van der Waals surface area contributed by atoms with Gasteiger partial charge in [0.25, 0.3) is 0 Å². The number of carboxylic acids is 1. The highest BCUT2D eigenvalue weighted by molar-refractivity contribution is 5.72. The van der Waals surface area contributed by atoms with Crippen LogP contribution < -0.4 is 4.74 Å². The number of rotatable bonds is 6. The van der Waals surface area contributed by atoms with E-state index < -0.39 is 12.1 Å². The molecule has 1 aromatic carbocycles. The summed E-state index contributed by atoms with van der Waals surface area (Å²) in [7, 11) is 0. The van der Waals surface area contributed by atoms with Crippen LogP contribution in [0.2, 0.25) is 0 Å². The first-order chi connectivity index (χ1) is 10.7. The molecule has 3 rings (SSSR count). The minimum Gasteiger partial charge on any atom is -0.479 e. The smallest absolute Gasteiger partial charge is 0.344 e. The van der Waals surface area contributed by atoms with Gasteiger partial charge in [0.2, 0.25) is 0 Å². The van der Waals surface area contributed by atoms with Crippen molar-refractivity contribution in [2.45, 2.75) is 44.6 Å². The van der Waals surface area contributed by atoms with Crippen molar-refractivity contribution >= 4 is 5.97 Å². The molecule has 5 heteroatoms. The quantitative estimate of drug-likeness (QED) is 0.888.